The van der Waals surface area contributed by atoms with Crippen LogP contribution >= 0.6 is 0 Å². The largest absolute Gasteiger partial charge is 0.496 e. The van der Waals surface area contributed by atoms with Crippen LogP contribution in [0.2, 0.25) is 0 Å². The molecule has 4 rings (SSSR count). The number of hydrogen-bond acceptors (Lipinski definition) is 4. The van der Waals surface area contributed by atoms with Gasteiger partial charge >= 0.3 is 0 Å². The first-order chi connectivity index (χ1) is 15.1. The second-order valence-electron chi connectivity index (χ2n) is 9.39. The molecule has 2 unspecified atom stereocenters. The summed E-state index contributed by atoms with van der Waals surface area (Å²) in [5.74, 6) is 1.43. The van der Waals surface area contributed by atoms with Crippen molar-refractivity contribution in [1.29, 1.82) is 0 Å². The highest BCUT2D eigenvalue weighted by Gasteiger charge is 2.40. The first kappa shape index (κ1) is 22.1. The molecule has 1 aromatic rings. The molecule has 3 fully saturated rings. The van der Waals surface area contributed by atoms with Gasteiger partial charge in [0.25, 0.3) is 5.91 Å². The minimum Gasteiger partial charge on any atom is -0.496 e. The van der Waals surface area contributed by atoms with Crippen molar-refractivity contribution in [2.24, 2.45) is 5.92 Å². The van der Waals surface area contributed by atoms with E-state index in [0.29, 0.717) is 42.3 Å². The maximum atomic E-state index is 13.7. The van der Waals surface area contributed by atoms with Gasteiger partial charge in [0.1, 0.15) is 5.75 Å². The molecule has 3 aliphatic rings. The number of piperazine rings is 1. The quantitative estimate of drug-likeness (QED) is 0.723. The molecule has 2 atom stereocenters. The van der Waals surface area contributed by atoms with Crippen molar-refractivity contribution in [3.63, 3.8) is 0 Å². The van der Waals surface area contributed by atoms with Crippen LogP contribution < -0.4 is 4.74 Å². The highest BCUT2D eigenvalue weighted by Crippen LogP contribution is 2.33. The third kappa shape index (κ3) is 4.74. The minimum absolute atomic E-state index is 0.0190. The number of carbonyl (C=O) groups is 2. The van der Waals surface area contributed by atoms with Crippen LogP contribution in [0.4, 0.5) is 0 Å². The summed E-state index contributed by atoms with van der Waals surface area (Å²) in [5.41, 5.74) is 0.615. The van der Waals surface area contributed by atoms with E-state index in [0.717, 1.165) is 45.3 Å². The number of para-hydroxylation sites is 1. The van der Waals surface area contributed by atoms with Gasteiger partial charge in [0.15, 0.2) is 0 Å². The summed E-state index contributed by atoms with van der Waals surface area (Å²) in [6, 6.07) is 7.74. The zero-order valence-electron chi connectivity index (χ0n) is 19.1. The molecule has 1 saturated carbocycles. The van der Waals surface area contributed by atoms with Gasteiger partial charge in [0, 0.05) is 38.8 Å². The zero-order chi connectivity index (χ0) is 21.8. The van der Waals surface area contributed by atoms with Crippen LogP contribution in [-0.4, -0.2) is 78.4 Å². The summed E-state index contributed by atoms with van der Waals surface area (Å²) < 4.78 is 5.38. The maximum absolute atomic E-state index is 13.7. The van der Waals surface area contributed by atoms with Crippen LogP contribution in [0.15, 0.2) is 24.3 Å². The van der Waals surface area contributed by atoms with Gasteiger partial charge in [-0.1, -0.05) is 25.0 Å². The Morgan fingerprint density at radius 1 is 0.935 bits per heavy atom. The summed E-state index contributed by atoms with van der Waals surface area (Å²) in [5, 5.41) is 0. The first-order valence-corrected chi connectivity index (χ1v) is 12.1. The lowest BCUT2D eigenvalue weighted by Gasteiger charge is -2.44. The molecule has 2 aliphatic heterocycles. The van der Waals surface area contributed by atoms with E-state index in [1.807, 2.05) is 29.2 Å². The van der Waals surface area contributed by atoms with Crippen molar-refractivity contribution < 1.29 is 14.3 Å². The summed E-state index contributed by atoms with van der Waals surface area (Å²) in [7, 11) is 1.60. The predicted molar refractivity (Wildman–Crippen MR) is 121 cm³/mol. The fourth-order valence-corrected chi connectivity index (χ4v) is 5.72. The fourth-order valence-electron chi connectivity index (χ4n) is 5.72. The van der Waals surface area contributed by atoms with E-state index in [-0.39, 0.29) is 11.9 Å². The first-order valence-electron chi connectivity index (χ1n) is 12.1. The molecule has 1 aromatic carbocycles. The number of amides is 2. The molecule has 6 heteroatoms. The van der Waals surface area contributed by atoms with Crippen LogP contribution in [0.5, 0.6) is 5.75 Å². The Bertz CT molecular complexity index is 769. The number of carbonyl (C=O) groups excluding carboxylic acids is 2. The molecular weight excluding hydrogens is 390 g/mol. The highest BCUT2D eigenvalue weighted by molar-refractivity contribution is 5.97. The van der Waals surface area contributed by atoms with E-state index in [9.17, 15) is 9.59 Å². The normalized spacial score (nSPS) is 24.3. The standard InChI is InChI=1S/C25H37N3O3/c1-19-9-7-8-14-28(19)25(30)23(20-10-3-4-11-20)26-15-17-27(18-16-26)24(29)21-12-5-6-13-22(21)31-2/h5-6,12-13,19-20,23H,3-4,7-11,14-18H2,1-2H3. The lowest BCUT2D eigenvalue weighted by Crippen LogP contribution is -2.60. The van der Waals surface area contributed by atoms with Gasteiger partial charge < -0.3 is 14.5 Å². The predicted octanol–water partition coefficient (Wildman–Crippen LogP) is 3.41. The lowest BCUT2D eigenvalue weighted by atomic mass is 9.92. The molecule has 1 aliphatic carbocycles. The summed E-state index contributed by atoms with van der Waals surface area (Å²) in [6.07, 6.45) is 8.23. The van der Waals surface area contributed by atoms with Crippen LogP contribution in [0.3, 0.4) is 0 Å². The number of ether oxygens (including phenoxy) is 1. The molecule has 0 aromatic heterocycles. The highest BCUT2D eigenvalue weighted by atomic mass is 16.5. The number of nitrogens with zero attached hydrogens (tertiary/aromatic N) is 3. The smallest absolute Gasteiger partial charge is 0.257 e. The average Bonchev–Trinajstić information content (AvgIpc) is 3.34. The molecule has 170 valence electrons. The van der Waals surface area contributed by atoms with Crippen LogP contribution in [0, 0.1) is 5.92 Å². The van der Waals surface area contributed by atoms with Crippen molar-refractivity contribution in [3.8, 4) is 5.75 Å². The van der Waals surface area contributed by atoms with Gasteiger partial charge in [-0.3, -0.25) is 14.5 Å². The lowest BCUT2D eigenvalue weighted by molar-refractivity contribution is -0.143. The molecule has 2 amide bonds. The molecule has 0 spiro atoms. The average molecular weight is 428 g/mol. The van der Waals surface area contributed by atoms with Gasteiger partial charge in [-0.25, -0.2) is 0 Å². The number of methoxy groups -OCH3 is 1. The Morgan fingerprint density at radius 3 is 2.29 bits per heavy atom. The molecule has 6 nitrogen and oxygen atoms in total. The second kappa shape index (κ2) is 10.0. The number of benzene rings is 1. The van der Waals surface area contributed by atoms with Crippen molar-refractivity contribution >= 4 is 11.8 Å². The fraction of sp³-hybridized carbons (Fsp3) is 0.680. The Kier molecular flexibility index (Phi) is 7.16. The van der Waals surface area contributed by atoms with E-state index >= 15 is 0 Å². The topological polar surface area (TPSA) is 53.1 Å². The Hall–Kier alpha value is -2.08. The summed E-state index contributed by atoms with van der Waals surface area (Å²) in [4.78, 5) is 33.2. The van der Waals surface area contributed by atoms with Gasteiger partial charge in [-0.05, 0) is 57.1 Å². The zero-order valence-corrected chi connectivity index (χ0v) is 19.1. The third-order valence-corrected chi connectivity index (χ3v) is 7.52. The maximum Gasteiger partial charge on any atom is 0.257 e. The van der Waals surface area contributed by atoms with Crippen molar-refractivity contribution in [2.45, 2.75) is 64.0 Å². The molecule has 0 radical (unpaired) electrons. The van der Waals surface area contributed by atoms with Gasteiger partial charge in [-0.2, -0.15) is 0 Å². The number of likely N-dealkylation sites (tertiary alicyclic amines) is 1. The number of hydrogen-bond donors (Lipinski definition) is 0. The molecule has 0 bridgehead atoms. The Balaban J connectivity index is 1.45. The molecule has 31 heavy (non-hydrogen) atoms. The van der Waals surface area contributed by atoms with Crippen LogP contribution in [-0.2, 0) is 4.79 Å². The Morgan fingerprint density at radius 2 is 1.61 bits per heavy atom. The molecule has 2 saturated heterocycles. The van der Waals surface area contributed by atoms with E-state index in [2.05, 4.69) is 16.7 Å². The molecular formula is C25H37N3O3. The third-order valence-electron chi connectivity index (χ3n) is 7.52. The summed E-state index contributed by atoms with van der Waals surface area (Å²) >= 11 is 0. The van der Waals surface area contributed by atoms with Crippen molar-refractivity contribution in [2.75, 3.05) is 39.8 Å². The SMILES string of the molecule is COc1ccccc1C(=O)N1CCN(C(C(=O)N2CCCCC2C)C2CCCC2)CC1. The van der Waals surface area contributed by atoms with E-state index in [1.165, 1.54) is 19.3 Å². The second-order valence-corrected chi connectivity index (χ2v) is 9.39. The van der Waals surface area contributed by atoms with Crippen molar-refractivity contribution in [1.82, 2.24) is 14.7 Å². The van der Waals surface area contributed by atoms with E-state index in [4.69, 9.17) is 4.74 Å². The number of rotatable bonds is 5. The van der Waals surface area contributed by atoms with E-state index in [1.54, 1.807) is 7.11 Å². The number of piperidine rings is 1. The monoisotopic (exact) mass is 427 g/mol. The minimum atomic E-state index is -0.0217. The Labute approximate surface area is 186 Å². The van der Waals surface area contributed by atoms with E-state index < -0.39 is 0 Å². The van der Waals surface area contributed by atoms with Crippen LogP contribution in [0.1, 0.15) is 62.2 Å². The summed E-state index contributed by atoms with van der Waals surface area (Å²) in [6.45, 7) is 5.93. The van der Waals surface area contributed by atoms with Gasteiger partial charge in [0.2, 0.25) is 5.91 Å². The van der Waals surface area contributed by atoms with Gasteiger partial charge in [0.05, 0.1) is 18.7 Å². The molecule has 0 N–H and O–H groups in total. The van der Waals surface area contributed by atoms with Gasteiger partial charge in [-0.15, -0.1) is 0 Å². The molecule has 2 heterocycles. The van der Waals surface area contributed by atoms with Crippen LogP contribution in [0.25, 0.3) is 0 Å². The van der Waals surface area contributed by atoms with Crippen molar-refractivity contribution in [3.05, 3.63) is 29.8 Å².